The van der Waals surface area contributed by atoms with Crippen molar-refractivity contribution in [1.29, 1.82) is 0 Å². The minimum absolute atomic E-state index is 0.574. The van der Waals surface area contributed by atoms with E-state index in [9.17, 15) is 0 Å². The van der Waals surface area contributed by atoms with Crippen LogP contribution in [-0.2, 0) is 6.42 Å². The van der Waals surface area contributed by atoms with Crippen molar-refractivity contribution >= 4 is 0 Å². The Morgan fingerprint density at radius 2 is 1.74 bits per heavy atom. The molecule has 19 heavy (non-hydrogen) atoms. The Morgan fingerprint density at radius 3 is 2.42 bits per heavy atom. The van der Waals surface area contributed by atoms with Crippen molar-refractivity contribution in [3.63, 3.8) is 0 Å². The van der Waals surface area contributed by atoms with Crippen molar-refractivity contribution in [3.05, 3.63) is 71.3 Å². The highest BCUT2D eigenvalue weighted by molar-refractivity contribution is 5.26. The van der Waals surface area contributed by atoms with Gasteiger partial charge in [0, 0.05) is 0 Å². The number of hydrogen-bond acceptors (Lipinski definition) is 1. The standard InChI is InChI=1S/C18H23N/c1-15-6-5-9-18(14-15)17(12-13-19)11-10-16-7-3-2-4-8-16/h2-9,14,17H,10-13,19H2,1H3. The molecule has 0 spiro atoms. The predicted octanol–water partition coefficient (Wildman–Crippen LogP) is 4.06. The number of aryl methyl sites for hydroxylation is 2. The first-order valence-corrected chi connectivity index (χ1v) is 7.10. The van der Waals surface area contributed by atoms with E-state index in [-0.39, 0.29) is 0 Å². The molecule has 100 valence electrons. The molecule has 1 atom stereocenters. The van der Waals surface area contributed by atoms with Gasteiger partial charge in [-0.05, 0) is 49.8 Å². The Morgan fingerprint density at radius 1 is 0.947 bits per heavy atom. The van der Waals surface area contributed by atoms with E-state index in [0.717, 1.165) is 19.4 Å². The minimum atomic E-state index is 0.574. The molecular weight excluding hydrogens is 230 g/mol. The van der Waals surface area contributed by atoms with Crippen molar-refractivity contribution in [1.82, 2.24) is 0 Å². The first kappa shape index (κ1) is 13.8. The summed E-state index contributed by atoms with van der Waals surface area (Å²) in [7, 11) is 0. The molecule has 0 aliphatic rings. The van der Waals surface area contributed by atoms with Crippen LogP contribution in [0.5, 0.6) is 0 Å². The maximum absolute atomic E-state index is 5.77. The van der Waals surface area contributed by atoms with E-state index in [4.69, 9.17) is 5.73 Å². The van der Waals surface area contributed by atoms with Crippen molar-refractivity contribution in [2.45, 2.75) is 32.1 Å². The highest BCUT2D eigenvalue weighted by Crippen LogP contribution is 2.25. The molecule has 0 aromatic heterocycles. The molecule has 0 amide bonds. The van der Waals surface area contributed by atoms with Gasteiger partial charge in [-0.15, -0.1) is 0 Å². The van der Waals surface area contributed by atoms with Crippen molar-refractivity contribution in [2.75, 3.05) is 6.54 Å². The summed E-state index contributed by atoms with van der Waals surface area (Å²) >= 11 is 0. The van der Waals surface area contributed by atoms with Gasteiger partial charge in [0.2, 0.25) is 0 Å². The Labute approximate surface area is 116 Å². The first-order chi connectivity index (χ1) is 9.29. The van der Waals surface area contributed by atoms with Gasteiger partial charge in [0.15, 0.2) is 0 Å². The van der Waals surface area contributed by atoms with Crippen LogP contribution in [0.4, 0.5) is 0 Å². The summed E-state index contributed by atoms with van der Waals surface area (Å²) in [6.07, 6.45) is 3.36. The second-order valence-corrected chi connectivity index (χ2v) is 5.21. The lowest BCUT2D eigenvalue weighted by molar-refractivity contribution is 0.584. The molecule has 1 heteroatoms. The quantitative estimate of drug-likeness (QED) is 0.825. The Hall–Kier alpha value is -1.60. The molecule has 0 saturated carbocycles. The fraction of sp³-hybridized carbons (Fsp3) is 0.333. The van der Waals surface area contributed by atoms with Gasteiger partial charge in [0.1, 0.15) is 0 Å². The van der Waals surface area contributed by atoms with Gasteiger partial charge in [-0.1, -0.05) is 60.2 Å². The second-order valence-electron chi connectivity index (χ2n) is 5.21. The van der Waals surface area contributed by atoms with E-state index in [1.165, 1.54) is 23.1 Å². The van der Waals surface area contributed by atoms with Crippen molar-refractivity contribution in [3.8, 4) is 0 Å². The van der Waals surface area contributed by atoms with Crippen molar-refractivity contribution in [2.24, 2.45) is 5.73 Å². The smallest absolute Gasteiger partial charge is 0.00714 e. The molecule has 2 aromatic rings. The SMILES string of the molecule is Cc1cccc(C(CCN)CCc2ccccc2)c1. The van der Waals surface area contributed by atoms with Crippen molar-refractivity contribution < 1.29 is 0 Å². The third-order valence-electron chi connectivity index (χ3n) is 3.65. The zero-order valence-electron chi connectivity index (χ0n) is 11.7. The van der Waals surface area contributed by atoms with E-state index in [1.807, 2.05) is 0 Å². The highest BCUT2D eigenvalue weighted by Gasteiger charge is 2.11. The molecule has 2 rings (SSSR count). The average molecular weight is 253 g/mol. The number of rotatable bonds is 6. The number of benzene rings is 2. The average Bonchev–Trinajstić information content (AvgIpc) is 2.44. The minimum Gasteiger partial charge on any atom is -0.330 e. The lowest BCUT2D eigenvalue weighted by Crippen LogP contribution is -2.08. The monoisotopic (exact) mass is 253 g/mol. The highest BCUT2D eigenvalue weighted by atomic mass is 14.5. The van der Waals surface area contributed by atoms with E-state index in [1.54, 1.807) is 0 Å². The van der Waals surface area contributed by atoms with Gasteiger partial charge < -0.3 is 5.73 Å². The molecule has 1 unspecified atom stereocenters. The zero-order chi connectivity index (χ0) is 13.5. The third-order valence-corrected chi connectivity index (χ3v) is 3.65. The van der Waals surface area contributed by atoms with Crippen LogP contribution >= 0.6 is 0 Å². The van der Waals surface area contributed by atoms with Gasteiger partial charge in [-0.3, -0.25) is 0 Å². The zero-order valence-corrected chi connectivity index (χ0v) is 11.7. The number of hydrogen-bond donors (Lipinski definition) is 1. The summed E-state index contributed by atoms with van der Waals surface area (Å²) in [4.78, 5) is 0. The van der Waals surface area contributed by atoms with Crippen LogP contribution in [-0.4, -0.2) is 6.54 Å². The summed E-state index contributed by atoms with van der Waals surface area (Å²) in [6, 6.07) is 19.5. The molecule has 0 aliphatic carbocycles. The summed E-state index contributed by atoms with van der Waals surface area (Å²) in [5.41, 5.74) is 9.95. The molecule has 2 aromatic carbocycles. The maximum atomic E-state index is 5.77. The van der Waals surface area contributed by atoms with Crippen LogP contribution < -0.4 is 5.73 Å². The van der Waals surface area contributed by atoms with E-state index < -0.39 is 0 Å². The normalized spacial score (nSPS) is 12.3. The Balaban J connectivity index is 2.04. The van der Waals surface area contributed by atoms with E-state index in [2.05, 4.69) is 61.5 Å². The molecule has 2 N–H and O–H groups in total. The summed E-state index contributed by atoms with van der Waals surface area (Å²) < 4.78 is 0. The van der Waals surface area contributed by atoms with Gasteiger partial charge in [0.25, 0.3) is 0 Å². The molecule has 0 heterocycles. The second kappa shape index (κ2) is 7.10. The molecule has 0 bridgehead atoms. The molecule has 1 nitrogen and oxygen atoms in total. The summed E-state index contributed by atoms with van der Waals surface area (Å²) in [5.74, 6) is 0.574. The lowest BCUT2D eigenvalue weighted by Gasteiger charge is -2.17. The molecular formula is C18H23N. The third kappa shape index (κ3) is 4.22. The van der Waals surface area contributed by atoms with E-state index >= 15 is 0 Å². The Bertz CT molecular complexity index is 490. The molecule has 0 fully saturated rings. The largest absolute Gasteiger partial charge is 0.330 e. The van der Waals surface area contributed by atoms with Gasteiger partial charge in [0.05, 0.1) is 0 Å². The van der Waals surface area contributed by atoms with Crippen LogP contribution in [0.15, 0.2) is 54.6 Å². The fourth-order valence-corrected chi connectivity index (χ4v) is 2.59. The van der Waals surface area contributed by atoms with Gasteiger partial charge in [-0.25, -0.2) is 0 Å². The summed E-state index contributed by atoms with van der Waals surface area (Å²) in [6.45, 7) is 2.91. The first-order valence-electron chi connectivity index (χ1n) is 7.10. The fourth-order valence-electron chi connectivity index (χ4n) is 2.59. The molecule has 0 saturated heterocycles. The lowest BCUT2D eigenvalue weighted by atomic mass is 9.89. The maximum Gasteiger partial charge on any atom is -0.00714 e. The van der Waals surface area contributed by atoms with Crippen LogP contribution in [0.1, 0.15) is 35.4 Å². The van der Waals surface area contributed by atoms with E-state index in [0.29, 0.717) is 5.92 Å². The summed E-state index contributed by atoms with van der Waals surface area (Å²) in [5, 5.41) is 0. The van der Waals surface area contributed by atoms with Gasteiger partial charge in [-0.2, -0.15) is 0 Å². The number of nitrogens with two attached hydrogens (primary N) is 1. The van der Waals surface area contributed by atoms with Gasteiger partial charge >= 0.3 is 0 Å². The molecule has 0 radical (unpaired) electrons. The molecule has 0 aliphatic heterocycles. The predicted molar refractivity (Wildman–Crippen MR) is 82.4 cm³/mol. The topological polar surface area (TPSA) is 26.0 Å². The van der Waals surface area contributed by atoms with Crippen LogP contribution in [0.2, 0.25) is 0 Å². The van der Waals surface area contributed by atoms with Crippen LogP contribution in [0.3, 0.4) is 0 Å². The van der Waals surface area contributed by atoms with Crippen LogP contribution in [0.25, 0.3) is 0 Å². The van der Waals surface area contributed by atoms with Crippen LogP contribution in [0, 0.1) is 6.92 Å². The Kier molecular flexibility index (Phi) is 5.17.